The monoisotopic (exact) mass is 192 g/mol. The van der Waals surface area contributed by atoms with Gasteiger partial charge < -0.3 is 4.42 Å². The second-order valence-electron chi connectivity index (χ2n) is 3.47. The summed E-state index contributed by atoms with van der Waals surface area (Å²) in [6.45, 7) is 4.02. The van der Waals surface area contributed by atoms with Crippen molar-refractivity contribution in [1.82, 2.24) is 20.0 Å². The van der Waals surface area contributed by atoms with Gasteiger partial charge >= 0.3 is 0 Å². The van der Waals surface area contributed by atoms with Crippen LogP contribution in [0.2, 0.25) is 0 Å². The minimum atomic E-state index is 0.250. The maximum absolute atomic E-state index is 5.45. The van der Waals surface area contributed by atoms with Crippen molar-refractivity contribution in [3.63, 3.8) is 0 Å². The van der Waals surface area contributed by atoms with Crippen LogP contribution in [0.15, 0.2) is 16.7 Å². The standard InChI is InChI=1S/C9H12N4O/c1-6(2)8-10-11-9(14-8)7-4-5-13(3)12-7/h4-6H,1-3H3. The lowest BCUT2D eigenvalue weighted by atomic mass is 10.2. The molecule has 0 aliphatic carbocycles. The fourth-order valence-electron chi connectivity index (χ4n) is 1.10. The van der Waals surface area contributed by atoms with Gasteiger partial charge in [0.1, 0.15) is 5.69 Å². The van der Waals surface area contributed by atoms with Crippen molar-refractivity contribution >= 4 is 0 Å². The molecule has 5 nitrogen and oxygen atoms in total. The van der Waals surface area contributed by atoms with Crippen molar-refractivity contribution in [2.24, 2.45) is 7.05 Å². The summed E-state index contributed by atoms with van der Waals surface area (Å²) in [6.07, 6.45) is 1.84. The average molecular weight is 192 g/mol. The molecule has 2 aromatic rings. The quantitative estimate of drug-likeness (QED) is 0.725. The number of aromatic nitrogens is 4. The van der Waals surface area contributed by atoms with Crippen molar-refractivity contribution < 1.29 is 4.42 Å². The Morgan fingerprint density at radius 2 is 2.14 bits per heavy atom. The van der Waals surface area contributed by atoms with Crippen molar-refractivity contribution in [2.75, 3.05) is 0 Å². The van der Waals surface area contributed by atoms with Crippen molar-refractivity contribution in [2.45, 2.75) is 19.8 Å². The lowest BCUT2D eigenvalue weighted by Gasteiger charge is -1.93. The van der Waals surface area contributed by atoms with Gasteiger partial charge in [-0.15, -0.1) is 10.2 Å². The van der Waals surface area contributed by atoms with Gasteiger partial charge in [-0.3, -0.25) is 4.68 Å². The highest BCUT2D eigenvalue weighted by atomic mass is 16.4. The Morgan fingerprint density at radius 3 is 2.64 bits per heavy atom. The zero-order valence-corrected chi connectivity index (χ0v) is 8.43. The first-order valence-electron chi connectivity index (χ1n) is 4.50. The normalized spacial score (nSPS) is 11.1. The molecular weight excluding hydrogens is 180 g/mol. The van der Waals surface area contributed by atoms with E-state index in [0.717, 1.165) is 0 Å². The number of aryl methyl sites for hydroxylation is 1. The molecule has 0 aliphatic rings. The summed E-state index contributed by atoms with van der Waals surface area (Å²) >= 11 is 0. The van der Waals surface area contributed by atoms with E-state index in [1.165, 1.54) is 0 Å². The van der Waals surface area contributed by atoms with Gasteiger partial charge in [-0.25, -0.2) is 0 Å². The van der Waals surface area contributed by atoms with E-state index in [4.69, 9.17) is 4.42 Å². The molecule has 0 aromatic carbocycles. The molecule has 0 bridgehead atoms. The lowest BCUT2D eigenvalue weighted by molar-refractivity contribution is 0.479. The Kier molecular flexibility index (Phi) is 2.07. The van der Waals surface area contributed by atoms with Gasteiger partial charge in [-0.1, -0.05) is 13.8 Å². The summed E-state index contributed by atoms with van der Waals surface area (Å²) in [4.78, 5) is 0. The maximum Gasteiger partial charge on any atom is 0.268 e. The summed E-state index contributed by atoms with van der Waals surface area (Å²) in [5.41, 5.74) is 0.715. The first-order chi connectivity index (χ1) is 6.66. The van der Waals surface area contributed by atoms with Crippen LogP contribution in [-0.4, -0.2) is 20.0 Å². The van der Waals surface area contributed by atoms with Crippen LogP contribution in [0, 0.1) is 0 Å². The molecule has 0 atom stereocenters. The molecule has 2 heterocycles. The van der Waals surface area contributed by atoms with Gasteiger partial charge in [-0.2, -0.15) is 5.10 Å². The highest BCUT2D eigenvalue weighted by Gasteiger charge is 2.12. The molecule has 0 saturated heterocycles. The molecule has 74 valence electrons. The fourth-order valence-corrected chi connectivity index (χ4v) is 1.10. The summed E-state index contributed by atoms with van der Waals surface area (Å²) in [6, 6.07) is 1.84. The zero-order valence-electron chi connectivity index (χ0n) is 8.43. The molecule has 2 rings (SSSR count). The van der Waals surface area contributed by atoms with Crippen LogP contribution in [0.1, 0.15) is 25.7 Å². The molecule has 0 aliphatic heterocycles. The van der Waals surface area contributed by atoms with E-state index in [1.54, 1.807) is 4.68 Å². The number of nitrogens with zero attached hydrogens (tertiary/aromatic N) is 4. The molecule has 5 heteroatoms. The third-order valence-corrected chi connectivity index (χ3v) is 1.87. The van der Waals surface area contributed by atoms with Gasteiger partial charge in [0.25, 0.3) is 5.89 Å². The molecule has 0 fully saturated rings. The highest BCUT2D eigenvalue weighted by Crippen LogP contribution is 2.18. The second kappa shape index (κ2) is 3.25. The minimum absolute atomic E-state index is 0.250. The molecule has 0 spiro atoms. The minimum Gasteiger partial charge on any atom is -0.419 e. The fraction of sp³-hybridized carbons (Fsp3) is 0.444. The Morgan fingerprint density at radius 1 is 1.36 bits per heavy atom. The van der Waals surface area contributed by atoms with E-state index in [2.05, 4.69) is 15.3 Å². The molecule has 0 amide bonds. The van der Waals surface area contributed by atoms with Gasteiger partial charge in [0.15, 0.2) is 0 Å². The molecular formula is C9H12N4O. The van der Waals surface area contributed by atoms with Gasteiger partial charge in [0, 0.05) is 19.2 Å². The zero-order chi connectivity index (χ0) is 10.1. The number of rotatable bonds is 2. The molecule has 0 unspecified atom stereocenters. The van der Waals surface area contributed by atoms with Crippen LogP contribution in [0.5, 0.6) is 0 Å². The van der Waals surface area contributed by atoms with Gasteiger partial charge in [0.2, 0.25) is 5.89 Å². The van der Waals surface area contributed by atoms with Crippen molar-refractivity contribution in [1.29, 1.82) is 0 Å². The third-order valence-electron chi connectivity index (χ3n) is 1.87. The topological polar surface area (TPSA) is 56.7 Å². The Hall–Kier alpha value is -1.65. The molecule has 14 heavy (non-hydrogen) atoms. The van der Waals surface area contributed by atoms with E-state index < -0.39 is 0 Å². The maximum atomic E-state index is 5.45. The number of hydrogen-bond donors (Lipinski definition) is 0. The van der Waals surface area contributed by atoms with Crippen LogP contribution < -0.4 is 0 Å². The smallest absolute Gasteiger partial charge is 0.268 e. The van der Waals surface area contributed by atoms with E-state index in [-0.39, 0.29) is 5.92 Å². The SMILES string of the molecule is CC(C)c1nnc(-c2ccn(C)n2)o1. The Labute approximate surface area is 81.8 Å². The van der Waals surface area contributed by atoms with E-state index >= 15 is 0 Å². The summed E-state index contributed by atoms with van der Waals surface area (Å²) in [5.74, 6) is 1.37. The summed E-state index contributed by atoms with van der Waals surface area (Å²) in [5, 5.41) is 12.0. The first-order valence-corrected chi connectivity index (χ1v) is 4.50. The van der Waals surface area contributed by atoms with Crippen molar-refractivity contribution in [3.8, 4) is 11.6 Å². The van der Waals surface area contributed by atoms with E-state index in [9.17, 15) is 0 Å². The summed E-state index contributed by atoms with van der Waals surface area (Å²) in [7, 11) is 1.85. The van der Waals surface area contributed by atoms with E-state index in [1.807, 2.05) is 33.2 Å². The van der Waals surface area contributed by atoms with Crippen LogP contribution in [0.4, 0.5) is 0 Å². The van der Waals surface area contributed by atoms with Crippen LogP contribution in [0.3, 0.4) is 0 Å². The summed E-state index contributed by atoms with van der Waals surface area (Å²) < 4.78 is 7.15. The third kappa shape index (κ3) is 1.53. The average Bonchev–Trinajstić information content (AvgIpc) is 2.70. The van der Waals surface area contributed by atoms with Gasteiger partial charge in [0.05, 0.1) is 0 Å². The molecule has 0 N–H and O–H groups in total. The predicted molar refractivity (Wildman–Crippen MR) is 50.6 cm³/mol. The van der Waals surface area contributed by atoms with Crippen LogP contribution in [0.25, 0.3) is 11.6 Å². The van der Waals surface area contributed by atoms with Gasteiger partial charge in [-0.05, 0) is 6.07 Å². The van der Waals surface area contributed by atoms with Crippen LogP contribution >= 0.6 is 0 Å². The van der Waals surface area contributed by atoms with E-state index in [0.29, 0.717) is 17.5 Å². The Balaban J connectivity index is 2.33. The molecule has 2 aromatic heterocycles. The second-order valence-corrected chi connectivity index (χ2v) is 3.47. The predicted octanol–water partition coefficient (Wildman–Crippen LogP) is 1.59. The molecule has 0 radical (unpaired) electrons. The molecule has 0 saturated carbocycles. The Bertz CT molecular complexity index is 429. The first kappa shape index (κ1) is 8.93. The number of hydrogen-bond acceptors (Lipinski definition) is 4. The van der Waals surface area contributed by atoms with Crippen molar-refractivity contribution in [3.05, 3.63) is 18.2 Å². The largest absolute Gasteiger partial charge is 0.419 e. The highest BCUT2D eigenvalue weighted by molar-refractivity contribution is 5.44. The van der Waals surface area contributed by atoms with Crippen LogP contribution in [-0.2, 0) is 7.05 Å². The lowest BCUT2D eigenvalue weighted by Crippen LogP contribution is -1.87.